The van der Waals surface area contributed by atoms with Crippen LogP contribution in [0.15, 0.2) is 36.4 Å². The van der Waals surface area contributed by atoms with Gasteiger partial charge in [-0.05, 0) is 49.7 Å². The van der Waals surface area contributed by atoms with Crippen LogP contribution in [0.4, 0.5) is 8.78 Å². The van der Waals surface area contributed by atoms with Crippen molar-refractivity contribution in [2.45, 2.75) is 19.9 Å². The van der Waals surface area contributed by atoms with E-state index in [1.807, 2.05) is 0 Å². The van der Waals surface area contributed by atoms with Gasteiger partial charge in [0.25, 0.3) is 0 Å². The summed E-state index contributed by atoms with van der Waals surface area (Å²) in [6.07, 6.45) is 0. The molecule has 4 heteroatoms. The van der Waals surface area contributed by atoms with Crippen LogP contribution in [0.2, 0.25) is 0 Å². The van der Waals surface area contributed by atoms with Gasteiger partial charge in [-0.1, -0.05) is 6.07 Å². The van der Waals surface area contributed by atoms with E-state index in [9.17, 15) is 8.78 Å². The highest BCUT2D eigenvalue weighted by Crippen LogP contribution is 2.31. The maximum Gasteiger partial charge on any atom is 0.135 e. The summed E-state index contributed by atoms with van der Waals surface area (Å²) in [5.74, 6) is 0.0813. The second-order valence-corrected chi connectivity index (χ2v) is 4.45. The number of ether oxygens (including phenoxy) is 1. The molecular formula is C15H15F2NO. The lowest BCUT2D eigenvalue weighted by Crippen LogP contribution is -2.09. The summed E-state index contributed by atoms with van der Waals surface area (Å²) in [5.41, 5.74) is 6.52. The molecule has 100 valence electrons. The van der Waals surface area contributed by atoms with Crippen molar-refractivity contribution >= 4 is 0 Å². The Hall–Kier alpha value is -1.94. The third-order valence-corrected chi connectivity index (χ3v) is 2.83. The maximum atomic E-state index is 13.7. The first kappa shape index (κ1) is 13.5. The van der Waals surface area contributed by atoms with Gasteiger partial charge in [-0.25, -0.2) is 8.78 Å². The number of aryl methyl sites for hydroxylation is 1. The average molecular weight is 263 g/mol. The van der Waals surface area contributed by atoms with E-state index in [4.69, 9.17) is 10.5 Å². The Morgan fingerprint density at radius 2 is 1.84 bits per heavy atom. The number of rotatable bonds is 3. The Bertz CT molecular complexity index is 597. The Morgan fingerprint density at radius 1 is 1.11 bits per heavy atom. The van der Waals surface area contributed by atoms with Gasteiger partial charge < -0.3 is 10.5 Å². The molecule has 2 rings (SSSR count). The molecule has 0 unspecified atom stereocenters. The van der Waals surface area contributed by atoms with E-state index in [2.05, 4.69) is 0 Å². The molecule has 0 aliphatic carbocycles. The van der Waals surface area contributed by atoms with Crippen molar-refractivity contribution in [3.8, 4) is 11.5 Å². The third kappa shape index (κ3) is 2.90. The molecule has 19 heavy (non-hydrogen) atoms. The Kier molecular flexibility index (Phi) is 3.81. The largest absolute Gasteiger partial charge is 0.457 e. The minimum Gasteiger partial charge on any atom is -0.457 e. The van der Waals surface area contributed by atoms with Crippen molar-refractivity contribution in [3.63, 3.8) is 0 Å². The smallest absolute Gasteiger partial charge is 0.135 e. The first-order valence-electron chi connectivity index (χ1n) is 5.97. The van der Waals surface area contributed by atoms with Crippen LogP contribution in [0.5, 0.6) is 11.5 Å². The SMILES string of the molecule is Cc1cc(Oc2cccc(F)c2[C@@H](C)N)ccc1F. The molecule has 0 saturated heterocycles. The number of halogens is 2. The fourth-order valence-electron chi connectivity index (χ4n) is 1.86. The highest BCUT2D eigenvalue weighted by atomic mass is 19.1. The quantitative estimate of drug-likeness (QED) is 0.905. The molecule has 0 radical (unpaired) electrons. The van der Waals surface area contributed by atoms with E-state index in [0.717, 1.165) is 0 Å². The molecule has 0 saturated carbocycles. The van der Waals surface area contributed by atoms with Gasteiger partial charge in [0, 0.05) is 11.6 Å². The van der Waals surface area contributed by atoms with Crippen LogP contribution >= 0.6 is 0 Å². The molecule has 0 aromatic heterocycles. The summed E-state index contributed by atoms with van der Waals surface area (Å²) in [6, 6.07) is 8.41. The van der Waals surface area contributed by atoms with Crippen molar-refractivity contribution in [1.29, 1.82) is 0 Å². The molecule has 2 nitrogen and oxygen atoms in total. The zero-order valence-electron chi connectivity index (χ0n) is 10.8. The maximum absolute atomic E-state index is 13.7. The summed E-state index contributed by atoms with van der Waals surface area (Å²) in [4.78, 5) is 0. The second kappa shape index (κ2) is 5.36. The van der Waals surface area contributed by atoms with Crippen LogP contribution in [-0.4, -0.2) is 0 Å². The number of hydrogen-bond acceptors (Lipinski definition) is 2. The van der Waals surface area contributed by atoms with Crippen molar-refractivity contribution in [3.05, 3.63) is 59.2 Å². The molecule has 0 bridgehead atoms. The minimum absolute atomic E-state index is 0.306. The van der Waals surface area contributed by atoms with Crippen LogP contribution in [0.25, 0.3) is 0 Å². The van der Waals surface area contributed by atoms with Crippen molar-refractivity contribution in [2.75, 3.05) is 0 Å². The molecular weight excluding hydrogens is 248 g/mol. The van der Waals surface area contributed by atoms with Gasteiger partial charge in [0.15, 0.2) is 0 Å². The zero-order chi connectivity index (χ0) is 14.0. The monoisotopic (exact) mass is 263 g/mol. The Morgan fingerprint density at radius 3 is 2.47 bits per heavy atom. The van der Waals surface area contributed by atoms with Crippen molar-refractivity contribution < 1.29 is 13.5 Å². The summed E-state index contributed by atoms with van der Waals surface area (Å²) in [6.45, 7) is 3.32. The summed E-state index contributed by atoms with van der Waals surface area (Å²) >= 11 is 0. The molecule has 2 aromatic carbocycles. The normalized spacial score (nSPS) is 12.3. The van der Waals surface area contributed by atoms with Crippen LogP contribution in [-0.2, 0) is 0 Å². The molecule has 0 aliphatic rings. The first-order chi connectivity index (χ1) is 8.99. The van der Waals surface area contributed by atoms with Crippen LogP contribution in [0.3, 0.4) is 0 Å². The topological polar surface area (TPSA) is 35.2 Å². The molecule has 1 atom stereocenters. The van der Waals surface area contributed by atoms with Crippen molar-refractivity contribution in [2.24, 2.45) is 5.73 Å². The lowest BCUT2D eigenvalue weighted by atomic mass is 10.1. The zero-order valence-corrected chi connectivity index (χ0v) is 10.8. The van der Waals surface area contributed by atoms with E-state index >= 15 is 0 Å². The van der Waals surface area contributed by atoms with Gasteiger partial charge in [-0.3, -0.25) is 0 Å². The predicted molar refractivity (Wildman–Crippen MR) is 70.2 cm³/mol. The van der Waals surface area contributed by atoms with E-state index in [-0.39, 0.29) is 5.82 Å². The highest BCUT2D eigenvalue weighted by Gasteiger charge is 2.14. The van der Waals surface area contributed by atoms with E-state index < -0.39 is 11.9 Å². The van der Waals surface area contributed by atoms with Gasteiger partial charge in [0.1, 0.15) is 23.1 Å². The number of benzene rings is 2. The van der Waals surface area contributed by atoms with Gasteiger partial charge in [-0.2, -0.15) is 0 Å². The number of hydrogen-bond donors (Lipinski definition) is 1. The molecule has 0 spiro atoms. The van der Waals surface area contributed by atoms with Gasteiger partial charge in [0.2, 0.25) is 0 Å². The minimum atomic E-state index is -0.488. The number of nitrogens with two attached hydrogens (primary N) is 1. The average Bonchev–Trinajstić information content (AvgIpc) is 2.33. The summed E-state index contributed by atoms with van der Waals surface area (Å²) in [5, 5.41) is 0. The fourth-order valence-corrected chi connectivity index (χ4v) is 1.86. The summed E-state index contributed by atoms with van der Waals surface area (Å²) in [7, 11) is 0. The van der Waals surface area contributed by atoms with Gasteiger partial charge >= 0.3 is 0 Å². The van der Waals surface area contributed by atoms with E-state index in [1.54, 1.807) is 32.0 Å². The van der Waals surface area contributed by atoms with Gasteiger partial charge in [-0.15, -0.1) is 0 Å². The van der Waals surface area contributed by atoms with E-state index in [1.165, 1.54) is 18.2 Å². The van der Waals surface area contributed by atoms with E-state index in [0.29, 0.717) is 22.6 Å². The Labute approximate surface area is 110 Å². The fraction of sp³-hybridized carbons (Fsp3) is 0.200. The summed E-state index contributed by atoms with van der Waals surface area (Å²) < 4.78 is 32.5. The molecule has 0 heterocycles. The lowest BCUT2D eigenvalue weighted by Gasteiger charge is -2.14. The highest BCUT2D eigenvalue weighted by molar-refractivity contribution is 5.41. The predicted octanol–water partition coefficient (Wildman–Crippen LogP) is 4.09. The van der Waals surface area contributed by atoms with Crippen LogP contribution in [0, 0.1) is 18.6 Å². The van der Waals surface area contributed by atoms with Gasteiger partial charge in [0.05, 0.1) is 0 Å². The lowest BCUT2D eigenvalue weighted by molar-refractivity contribution is 0.458. The molecule has 2 N–H and O–H groups in total. The second-order valence-electron chi connectivity index (χ2n) is 4.45. The molecule has 0 fully saturated rings. The Balaban J connectivity index is 2.38. The van der Waals surface area contributed by atoms with Crippen LogP contribution < -0.4 is 10.5 Å². The first-order valence-corrected chi connectivity index (χ1v) is 5.97. The van der Waals surface area contributed by atoms with Crippen molar-refractivity contribution in [1.82, 2.24) is 0 Å². The third-order valence-electron chi connectivity index (χ3n) is 2.83. The molecule has 0 amide bonds. The molecule has 2 aromatic rings. The standard InChI is InChI=1S/C15H15F2NO/c1-9-8-11(6-7-12(9)16)19-14-5-3-4-13(17)15(14)10(2)18/h3-8,10H,18H2,1-2H3/t10-/m1/s1. The van der Waals surface area contributed by atoms with Crippen LogP contribution in [0.1, 0.15) is 24.1 Å². The molecule has 0 aliphatic heterocycles.